The molecular formula is C21H22N4O4S2. The second-order valence-electron chi connectivity index (χ2n) is 7.66. The highest BCUT2D eigenvalue weighted by Crippen LogP contribution is 2.35. The summed E-state index contributed by atoms with van der Waals surface area (Å²) in [5.41, 5.74) is 1.16. The maximum atomic E-state index is 13.5. The van der Waals surface area contributed by atoms with E-state index in [0.29, 0.717) is 36.2 Å². The van der Waals surface area contributed by atoms with Gasteiger partial charge in [0.2, 0.25) is 5.91 Å². The van der Waals surface area contributed by atoms with E-state index in [-0.39, 0.29) is 24.0 Å². The maximum Gasteiger partial charge on any atom is 0.324 e. The van der Waals surface area contributed by atoms with Crippen LogP contribution in [-0.2, 0) is 24.2 Å². The highest BCUT2D eigenvalue weighted by Gasteiger charge is 2.28. The first-order valence-corrected chi connectivity index (χ1v) is 12.2. The molecule has 1 N–H and O–H groups in total. The third kappa shape index (κ3) is 3.89. The lowest BCUT2D eigenvalue weighted by molar-refractivity contribution is -0.124. The summed E-state index contributed by atoms with van der Waals surface area (Å²) in [6.07, 6.45) is 6.44. The number of carbonyl (C=O) groups excluding carboxylic acids is 2. The predicted octanol–water partition coefficient (Wildman–Crippen LogP) is 3.01. The average Bonchev–Trinajstić information content (AvgIpc) is 3.48. The highest BCUT2D eigenvalue weighted by atomic mass is 32.2. The van der Waals surface area contributed by atoms with E-state index in [1.807, 2.05) is 12.1 Å². The number of nitrogens with zero attached hydrogens (tertiary/aromatic N) is 3. The first-order valence-electron chi connectivity index (χ1n) is 10.4. The second-order valence-corrected chi connectivity index (χ2v) is 9.81. The number of urea groups is 1. The van der Waals surface area contributed by atoms with E-state index in [1.54, 1.807) is 22.2 Å². The standard InChI is InChI=1S/C21H22N4O4S2/c26-16-11-22-20(28)24(16)8-4-10-30-21-23-18-17(14-6-1-2-7-15(14)31-18)19(27)25(21)12-13-5-3-9-29-13/h3,5,9H,1-2,4,6-8,10-12H2,(H,22,28). The van der Waals surface area contributed by atoms with Gasteiger partial charge in [-0.25, -0.2) is 9.78 Å². The summed E-state index contributed by atoms with van der Waals surface area (Å²) >= 11 is 3.11. The number of imide groups is 1. The van der Waals surface area contributed by atoms with E-state index in [2.05, 4.69) is 5.32 Å². The summed E-state index contributed by atoms with van der Waals surface area (Å²) in [4.78, 5) is 45.1. The molecule has 31 heavy (non-hydrogen) atoms. The highest BCUT2D eigenvalue weighted by molar-refractivity contribution is 7.99. The van der Waals surface area contributed by atoms with Gasteiger partial charge in [0.1, 0.15) is 10.6 Å². The van der Waals surface area contributed by atoms with Crippen LogP contribution in [0.4, 0.5) is 4.79 Å². The van der Waals surface area contributed by atoms with E-state index in [0.717, 1.165) is 35.9 Å². The smallest absolute Gasteiger partial charge is 0.324 e. The normalized spacial score (nSPS) is 16.2. The number of nitrogens with one attached hydrogen (secondary N) is 1. The monoisotopic (exact) mass is 458 g/mol. The molecule has 1 aliphatic heterocycles. The number of thioether (sulfide) groups is 1. The van der Waals surface area contributed by atoms with Crippen molar-refractivity contribution in [3.8, 4) is 0 Å². The van der Waals surface area contributed by atoms with Gasteiger partial charge in [0.25, 0.3) is 5.56 Å². The number of aryl methyl sites for hydroxylation is 2. The van der Waals surface area contributed by atoms with Crippen molar-refractivity contribution in [1.29, 1.82) is 0 Å². The van der Waals surface area contributed by atoms with Crippen LogP contribution in [0.3, 0.4) is 0 Å². The van der Waals surface area contributed by atoms with Crippen LogP contribution in [0.15, 0.2) is 32.8 Å². The number of furan rings is 1. The Labute approximate surface area is 186 Å². The molecular weight excluding hydrogens is 436 g/mol. The molecule has 0 spiro atoms. The van der Waals surface area contributed by atoms with Gasteiger partial charge in [-0.3, -0.25) is 19.1 Å². The van der Waals surface area contributed by atoms with Gasteiger partial charge < -0.3 is 9.73 Å². The molecule has 0 atom stereocenters. The Morgan fingerprint density at radius 1 is 1.23 bits per heavy atom. The van der Waals surface area contributed by atoms with Crippen molar-refractivity contribution in [2.45, 2.75) is 43.8 Å². The van der Waals surface area contributed by atoms with Crippen LogP contribution in [0.25, 0.3) is 10.2 Å². The van der Waals surface area contributed by atoms with E-state index in [4.69, 9.17) is 9.40 Å². The number of thiophene rings is 1. The summed E-state index contributed by atoms with van der Waals surface area (Å²) in [6.45, 7) is 0.750. The van der Waals surface area contributed by atoms with Crippen LogP contribution in [0, 0.1) is 0 Å². The van der Waals surface area contributed by atoms with Crippen molar-refractivity contribution in [1.82, 2.24) is 19.8 Å². The largest absolute Gasteiger partial charge is 0.467 e. The minimum atomic E-state index is -0.339. The Hall–Kier alpha value is -2.59. The van der Waals surface area contributed by atoms with E-state index in [9.17, 15) is 14.4 Å². The lowest BCUT2D eigenvalue weighted by atomic mass is 9.97. The van der Waals surface area contributed by atoms with Crippen molar-refractivity contribution in [3.63, 3.8) is 0 Å². The van der Waals surface area contributed by atoms with Crippen LogP contribution in [-0.4, -0.2) is 45.2 Å². The van der Waals surface area contributed by atoms with Crippen molar-refractivity contribution >= 4 is 45.3 Å². The molecule has 8 nitrogen and oxygen atoms in total. The van der Waals surface area contributed by atoms with Crippen LogP contribution < -0.4 is 10.9 Å². The van der Waals surface area contributed by atoms with E-state index < -0.39 is 0 Å². The first kappa shape index (κ1) is 20.3. The number of carbonyl (C=O) groups is 2. The zero-order valence-electron chi connectivity index (χ0n) is 16.9. The second kappa shape index (κ2) is 8.51. The SMILES string of the molecule is O=C1CNC(=O)N1CCCSc1nc2sc3c(c2c(=O)n1Cc1ccco1)CCCC3. The van der Waals surface area contributed by atoms with Crippen LogP contribution in [0.2, 0.25) is 0 Å². The molecule has 3 aromatic heterocycles. The number of fused-ring (bicyclic) bond motifs is 3. The number of hydrogen-bond donors (Lipinski definition) is 1. The van der Waals surface area contributed by atoms with Crippen molar-refractivity contribution in [2.24, 2.45) is 0 Å². The number of amides is 3. The summed E-state index contributed by atoms with van der Waals surface area (Å²) in [7, 11) is 0. The molecule has 4 heterocycles. The molecule has 0 radical (unpaired) electrons. The van der Waals surface area contributed by atoms with Crippen LogP contribution >= 0.6 is 23.1 Å². The van der Waals surface area contributed by atoms with Gasteiger partial charge in [0, 0.05) is 17.2 Å². The lowest BCUT2D eigenvalue weighted by Crippen LogP contribution is -2.32. The summed E-state index contributed by atoms with van der Waals surface area (Å²) in [5, 5.41) is 3.93. The number of rotatable bonds is 7. The van der Waals surface area contributed by atoms with Crippen molar-refractivity contribution < 1.29 is 14.0 Å². The topological polar surface area (TPSA) is 97.4 Å². The molecule has 1 saturated heterocycles. The van der Waals surface area contributed by atoms with Crippen molar-refractivity contribution in [2.75, 3.05) is 18.8 Å². The van der Waals surface area contributed by atoms with Gasteiger partial charge in [-0.1, -0.05) is 11.8 Å². The Morgan fingerprint density at radius 2 is 2.10 bits per heavy atom. The van der Waals surface area contributed by atoms with Gasteiger partial charge in [-0.05, 0) is 49.8 Å². The molecule has 1 fully saturated rings. The third-order valence-electron chi connectivity index (χ3n) is 5.63. The summed E-state index contributed by atoms with van der Waals surface area (Å²) in [6, 6.07) is 3.32. The predicted molar refractivity (Wildman–Crippen MR) is 119 cm³/mol. The zero-order valence-corrected chi connectivity index (χ0v) is 18.5. The van der Waals surface area contributed by atoms with Gasteiger partial charge in [0.15, 0.2) is 5.16 Å². The van der Waals surface area contributed by atoms with Crippen LogP contribution in [0.5, 0.6) is 0 Å². The molecule has 0 unspecified atom stereocenters. The molecule has 0 aromatic carbocycles. The maximum absolute atomic E-state index is 13.5. The average molecular weight is 459 g/mol. The number of aromatic nitrogens is 2. The molecule has 1 aliphatic carbocycles. The minimum Gasteiger partial charge on any atom is -0.467 e. The van der Waals surface area contributed by atoms with Crippen molar-refractivity contribution in [3.05, 3.63) is 45.0 Å². The van der Waals surface area contributed by atoms with Gasteiger partial charge in [-0.15, -0.1) is 11.3 Å². The lowest BCUT2D eigenvalue weighted by Gasteiger charge is -2.14. The Kier molecular flexibility index (Phi) is 5.58. The molecule has 0 saturated carbocycles. The van der Waals surface area contributed by atoms with Crippen LogP contribution in [0.1, 0.15) is 35.5 Å². The van der Waals surface area contributed by atoms with E-state index in [1.165, 1.54) is 27.1 Å². The zero-order chi connectivity index (χ0) is 21.4. The fourth-order valence-electron chi connectivity index (χ4n) is 4.10. The Bertz CT molecular complexity index is 1180. The van der Waals surface area contributed by atoms with E-state index >= 15 is 0 Å². The molecule has 10 heteroatoms. The molecule has 162 valence electrons. The minimum absolute atomic E-state index is 0.0163. The fraction of sp³-hybridized carbons (Fsp3) is 0.429. The number of hydrogen-bond acceptors (Lipinski definition) is 7. The summed E-state index contributed by atoms with van der Waals surface area (Å²) in [5.74, 6) is 1.14. The van der Waals surface area contributed by atoms with Gasteiger partial charge in [0.05, 0.1) is 24.7 Å². The molecule has 3 amide bonds. The quantitative estimate of drug-likeness (QED) is 0.253. The van der Waals surface area contributed by atoms with Gasteiger partial charge in [-0.2, -0.15) is 0 Å². The molecule has 2 aliphatic rings. The molecule has 3 aromatic rings. The first-order chi connectivity index (χ1) is 15.1. The molecule has 0 bridgehead atoms. The van der Waals surface area contributed by atoms with Gasteiger partial charge >= 0.3 is 6.03 Å². The fourth-order valence-corrected chi connectivity index (χ4v) is 6.32. The third-order valence-corrected chi connectivity index (χ3v) is 7.88. The Morgan fingerprint density at radius 3 is 2.87 bits per heavy atom. The summed E-state index contributed by atoms with van der Waals surface area (Å²) < 4.78 is 7.18. The molecule has 5 rings (SSSR count). The Balaban J connectivity index is 1.42.